The van der Waals surface area contributed by atoms with Gasteiger partial charge in [-0.15, -0.1) is 5.10 Å². The number of pyridine rings is 1. The average molecular weight is 260 g/mol. The number of nitrogens with one attached hydrogen (secondary N) is 1. The van der Waals surface area contributed by atoms with E-state index in [0.29, 0.717) is 11.6 Å². The highest BCUT2D eigenvalue weighted by molar-refractivity contribution is 5.43. The summed E-state index contributed by atoms with van der Waals surface area (Å²) in [5.41, 5.74) is 0.590. The first-order valence-corrected chi connectivity index (χ1v) is 5.96. The van der Waals surface area contributed by atoms with Crippen LogP contribution in [0.15, 0.2) is 34.9 Å². The van der Waals surface area contributed by atoms with Crippen LogP contribution in [0, 0.1) is 12.7 Å². The van der Waals surface area contributed by atoms with Crippen molar-refractivity contribution in [3.63, 3.8) is 0 Å². The molecule has 0 saturated heterocycles. The minimum atomic E-state index is -0.348. The lowest BCUT2D eigenvalue weighted by Crippen LogP contribution is -2.07. The molecule has 1 atom stereocenters. The Morgan fingerprint density at radius 2 is 2.16 bits per heavy atom. The molecule has 0 aliphatic carbocycles. The van der Waals surface area contributed by atoms with Crippen LogP contribution in [0.4, 0.5) is 10.3 Å². The molecule has 0 saturated carbocycles. The zero-order chi connectivity index (χ0) is 13.4. The second-order valence-corrected chi connectivity index (χ2v) is 4.40. The number of aryl methyl sites for hydroxylation is 1. The topological polar surface area (TPSA) is 55.4 Å². The Bertz CT molecular complexity index is 718. The maximum Gasteiger partial charge on any atom is 0.243 e. The molecule has 1 unspecified atom stereocenters. The second-order valence-electron chi connectivity index (χ2n) is 4.40. The molecule has 3 heterocycles. The molecular weight excluding hydrogens is 247 g/mol. The van der Waals surface area contributed by atoms with E-state index >= 15 is 0 Å². The van der Waals surface area contributed by atoms with E-state index in [1.165, 1.54) is 16.8 Å². The smallest absolute Gasteiger partial charge is 0.243 e. The maximum atomic E-state index is 13.1. The van der Waals surface area contributed by atoms with Crippen molar-refractivity contribution in [1.29, 1.82) is 0 Å². The van der Waals surface area contributed by atoms with Crippen LogP contribution in [0.3, 0.4) is 0 Å². The first kappa shape index (κ1) is 11.7. The van der Waals surface area contributed by atoms with Crippen molar-refractivity contribution < 1.29 is 8.81 Å². The number of fused-ring (bicyclic) bond motifs is 1. The molecule has 3 aromatic rings. The lowest BCUT2D eigenvalue weighted by atomic mass is 10.2. The van der Waals surface area contributed by atoms with Gasteiger partial charge in [-0.2, -0.15) is 4.98 Å². The summed E-state index contributed by atoms with van der Waals surface area (Å²) in [5, 5.41) is 7.28. The van der Waals surface area contributed by atoms with E-state index in [1.807, 2.05) is 26.0 Å². The Kier molecular flexibility index (Phi) is 2.70. The molecule has 0 fully saturated rings. The molecule has 0 spiro atoms. The molecule has 0 amide bonds. The third-order valence-corrected chi connectivity index (χ3v) is 2.83. The van der Waals surface area contributed by atoms with Crippen LogP contribution in [0.25, 0.3) is 5.65 Å². The summed E-state index contributed by atoms with van der Waals surface area (Å²) < 4.78 is 20.0. The van der Waals surface area contributed by atoms with Crippen molar-refractivity contribution in [3.05, 3.63) is 47.8 Å². The van der Waals surface area contributed by atoms with Gasteiger partial charge in [-0.05, 0) is 38.1 Å². The largest absolute Gasteiger partial charge is 0.464 e. The van der Waals surface area contributed by atoms with Gasteiger partial charge in [0.1, 0.15) is 17.3 Å². The molecule has 1 N–H and O–H groups in total. The van der Waals surface area contributed by atoms with Gasteiger partial charge in [-0.3, -0.25) is 0 Å². The van der Waals surface area contributed by atoms with E-state index < -0.39 is 0 Å². The van der Waals surface area contributed by atoms with Gasteiger partial charge >= 0.3 is 0 Å². The maximum absolute atomic E-state index is 13.1. The van der Waals surface area contributed by atoms with Gasteiger partial charge in [-0.1, -0.05) is 0 Å². The number of halogens is 1. The summed E-state index contributed by atoms with van der Waals surface area (Å²) in [7, 11) is 0. The van der Waals surface area contributed by atoms with Gasteiger partial charge in [0.15, 0.2) is 5.65 Å². The number of hydrogen-bond acceptors (Lipinski definition) is 4. The highest BCUT2D eigenvalue weighted by Gasteiger charge is 2.12. The van der Waals surface area contributed by atoms with Gasteiger partial charge in [-0.25, -0.2) is 8.91 Å². The number of aromatic nitrogens is 3. The normalized spacial score (nSPS) is 12.8. The van der Waals surface area contributed by atoms with Gasteiger partial charge in [0.05, 0.1) is 12.2 Å². The molecule has 3 aromatic heterocycles. The molecule has 19 heavy (non-hydrogen) atoms. The third-order valence-electron chi connectivity index (χ3n) is 2.83. The molecule has 0 aliphatic heterocycles. The Balaban J connectivity index is 1.85. The van der Waals surface area contributed by atoms with Crippen molar-refractivity contribution in [2.75, 3.05) is 5.32 Å². The fourth-order valence-electron chi connectivity index (χ4n) is 1.87. The molecule has 98 valence electrons. The highest BCUT2D eigenvalue weighted by atomic mass is 19.1. The fourth-order valence-corrected chi connectivity index (χ4v) is 1.87. The monoisotopic (exact) mass is 260 g/mol. The van der Waals surface area contributed by atoms with Gasteiger partial charge in [0.25, 0.3) is 0 Å². The number of hydrogen-bond donors (Lipinski definition) is 1. The minimum absolute atomic E-state index is 0.0593. The third kappa shape index (κ3) is 2.29. The zero-order valence-corrected chi connectivity index (χ0v) is 10.6. The number of nitrogens with zero attached hydrogens (tertiary/aromatic N) is 3. The number of rotatable bonds is 3. The van der Waals surface area contributed by atoms with Crippen LogP contribution >= 0.6 is 0 Å². The molecule has 5 nitrogen and oxygen atoms in total. The number of furan rings is 1. The highest BCUT2D eigenvalue weighted by Crippen LogP contribution is 2.19. The Morgan fingerprint density at radius 1 is 1.32 bits per heavy atom. The molecule has 0 aromatic carbocycles. The molecule has 6 heteroatoms. The molecule has 0 bridgehead atoms. The summed E-state index contributed by atoms with van der Waals surface area (Å²) in [4.78, 5) is 4.26. The summed E-state index contributed by atoms with van der Waals surface area (Å²) in [6.07, 6.45) is 1.29. The van der Waals surface area contributed by atoms with Crippen LogP contribution in [-0.4, -0.2) is 14.6 Å². The predicted molar refractivity (Wildman–Crippen MR) is 68.4 cm³/mol. The summed E-state index contributed by atoms with van der Waals surface area (Å²) in [6.45, 7) is 3.84. The van der Waals surface area contributed by atoms with Crippen molar-refractivity contribution >= 4 is 11.6 Å². The Morgan fingerprint density at radius 3 is 2.89 bits per heavy atom. The predicted octanol–water partition coefficient (Wildman–Crippen LogP) is 2.94. The van der Waals surface area contributed by atoms with Crippen LogP contribution in [0.5, 0.6) is 0 Å². The summed E-state index contributed by atoms with van der Waals surface area (Å²) in [5.74, 6) is 1.75. The zero-order valence-electron chi connectivity index (χ0n) is 10.6. The lowest BCUT2D eigenvalue weighted by Gasteiger charge is -2.08. The van der Waals surface area contributed by atoms with Gasteiger partial charge in [0.2, 0.25) is 5.95 Å². The number of anilines is 1. The van der Waals surface area contributed by atoms with Crippen molar-refractivity contribution in [2.24, 2.45) is 0 Å². The van der Waals surface area contributed by atoms with E-state index in [0.717, 1.165) is 11.5 Å². The lowest BCUT2D eigenvalue weighted by molar-refractivity contribution is 0.466. The molecule has 0 radical (unpaired) electrons. The van der Waals surface area contributed by atoms with E-state index in [9.17, 15) is 4.39 Å². The second kappa shape index (κ2) is 4.38. The molecular formula is C13H13FN4O. The van der Waals surface area contributed by atoms with Gasteiger partial charge < -0.3 is 9.73 Å². The summed E-state index contributed by atoms with van der Waals surface area (Å²) >= 11 is 0. The quantitative estimate of drug-likeness (QED) is 0.786. The van der Waals surface area contributed by atoms with E-state index in [2.05, 4.69) is 15.4 Å². The fraction of sp³-hybridized carbons (Fsp3) is 0.231. The van der Waals surface area contributed by atoms with E-state index in [4.69, 9.17) is 4.42 Å². The van der Waals surface area contributed by atoms with E-state index in [1.54, 1.807) is 6.07 Å². The molecule has 3 rings (SSSR count). The Labute approximate surface area is 109 Å². The van der Waals surface area contributed by atoms with Crippen LogP contribution < -0.4 is 5.32 Å². The first-order chi connectivity index (χ1) is 9.11. The van der Waals surface area contributed by atoms with Crippen molar-refractivity contribution in [2.45, 2.75) is 19.9 Å². The first-order valence-electron chi connectivity index (χ1n) is 5.96. The van der Waals surface area contributed by atoms with Crippen molar-refractivity contribution in [3.8, 4) is 0 Å². The van der Waals surface area contributed by atoms with Gasteiger partial charge in [0, 0.05) is 0 Å². The minimum Gasteiger partial charge on any atom is -0.464 e. The van der Waals surface area contributed by atoms with E-state index in [-0.39, 0.29) is 11.9 Å². The Hall–Kier alpha value is -2.37. The SMILES string of the molecule is Cc1ccc(C(C)Nc2nc3ccc(F)cn3n2)o1. The molecule has 0 aliphatic rings. The standard InChI is InChI=1S/C13H13FN4O/c1-8-3-5-11(19-8)9(2)15-13-16-12-6-4-10(14)7-18(12)17-13/h3-7,9H,1-2H3,(H,15,17). The van der Waals surface area contributed by atoms with Crippen LogP contribution in [-0.2, 0) is 0 Å². The van der Waals surface area contributed by atoms with Crippen molar-refractivity contribution in [1.82, 2.24) is 14.6 Å². The average Bonchev–Trinajstić information content (AvgIpc) is 2.94. The van der Waals surface area contributed by atoms with Crippen LogP contribution in [0.1, 0.15) is 24.5 Å². The van der Waals surface area contributed by atoms with Crippen LogP contribution in [0.2, 0.25) is 0 Å². The summed E-state index contributed by atoms with van der Waals surface area (Å²) in [6, 6.07) is 6.68.